The van der Waals surface area contributed by atoms with Crippen molar-refractivity contribution in [2.75, 3.05) is 0 Å². The van der Waals surface area contributed by atoms with E-state index in [1.54, 1.807) is 0 Å². The van der Waals surface area contributed by atoms with E-state index in [4.69, 9.17) is 5.73 Å². The van der Waals surface area contributed by atoms with E-state index in [1.165, 1.54) is 18.2 Å². The molecule has 0 amide bonds. The maximum atomic E-state index is 12.8. The van der Waals surface area contributed by atoms with Crippen molar-refractivity contribution < 1.29 is 4.21 Å². The first-order valence-electron chi connectivity index (χ1n) is 7.41. The molecule has 2 N–H and O–H groups in total. The van der Waals surface area contributed by atoms with Gasteiger partial charge in [0.25, 0.3) is 0 Å². The Labute approximate surface area is 122 Å². The molecule has 0 spiro atoms. The van der Waals surface area contributed by atoms with Crippen LogP contribution in [0, 0.1) is 0 Å². The molecule has 2 aromatic carbocycles. The summed E-state index contributed by atoms with van der Waals surface area (Å²) in [6.45, 7) is 0. The molecular weight excluding hydrogens is 266 g/mol. The maximum Gasteiger partial charge on any atom is 0.0576 e. The molecular formula is C17H21NOS. The van der Waals surface area contributed by atoms with Crippen molar-refractivity contribution in [1.29, 1.82) is 0 Å². The summed E-state index contributed by atoms with van der Waals surface area (Å²) in [5, 5.41) is 2.46. The number of fused-ring (bicyclic) bond motifs is 1. The van der Waals surface area contributed by atoms with Crippen LogP contribution in [0.5, 0.6) is 0 Å². The standard InChI is InChI=1S/C17H21NOS/c18-16-8-2-1-3-9-17(16)20(19)15-11-10-13-6-4-5-7-14(13)12-15/h4-7,10-12,16-17H,1-3,8-9,18H2. The molecule has 106 valence electrons. The largest absolute Gasteiger partial charge is 0.327 e. The Kier molecular flexibility index (Phi) is 4.18. The van der Waals surface area contributed by atoms with Crippen LogP contribution in [0.1, 0.15) is 32.1 Å². The molecule has 1 aliphatic carbocycles. The highest BCUT2D eigenvalue weighted by molar-refractivity contribution is 7.85. The number of nitrogens with two attached hydrogens (primary N) is 1. The van der Waals surface area contributed by atoms with Crippen molar-refractivity contribution >= 4 is 21.6 Å². The summed E-state index contributed by atoms with van der Waals surface area (Å²) in [5.41, 5.74) is 6.24. The molecule has 0 heterocycles. The van der Waals surface area contributed by atoms with E-state index in [9.17, 15) is 4.21 Å². The Bertz CT molecular complexity index is 625. The summed E-state index contributed by atoms with van der Waals surface area (Å²) in [4.78, 5) is 0.922. The molecule has 0 bridgehead atoms. The summed E-state index contributed by atoms with van der Waals surface area (Å²) in [6, 6.07) is 14.4. The van der Waals surface area contributed by atoms with Crippen LogP contribution < -0.4 is 5.73 Å². The van der Waals surface area contributed by atoms with Crippen LogP contribution in [0.4, 0.5) is 0 Å². The molecule has 1 aliphatic rings. The fraction of sp³-hybridized carbons (Fsp3) is 0.412. The van der Waals surface area contributed by atoms with E-state index in [-0.39, 0.29) is 11.3 Å². The van der Waals surface area contributed by atoms with Gasteiger partial charge < -0.3 is 5.73 Å². The SMILES string of the molecule is NC1CCCCCC1S(=O)c1ccc2ccccc2c1. The Morgan fingerprint density at radius 3 is 2.55 bits per heavy atom. The summed E-state index contributed by atoms with van der Waals surface area (Å²) in [5.74, 6) is 0. The molecule has 3 unspecified atom stereocenters. The minimum Gasteiger partial charge on any atom is -0.327 e. The molecule has 0 aliphatic heterocycles. The van der Waals surface area contributed by atoms with E-state index >= 15 is 0 Å². The predicted molar refractivity (Wildman–Crippen MR) is 85.2 cm³/mol. The Balaban J connectivity index is 1.91. The van der Waals surface area contributed by atoms with Gasteiger partial charge in [-0.05, 0) is 35.7 Å². The monoisotopic (exact) mass is 287 g/mol. The van der Waals surface area contributed by atoms with E-state index < -0.39 is 10.8 Å². The zero-order valence-electron chi connectivity index (χ0n) is 11.6. The summed E-state index contributed by atoms with van der Waals surface area (Å²) >= 11 is 0. The third-order valence-corrected chi connectivity index (χ3v) is 6.09. The van der Waals surface area contributed by atoms with Crippen molar-refractivity contribution in [2.45, 2.75) is 48.3 Å². The van der Waals surface area contributed by atoms with Gasteiger partial charge in [-0.2, -0.15) is 0 Å². The van der Waals surface area contributed by atoms with E-state index in [0.717, 1.165) is 29.5 Å². The van der Waals surface area contributed by atoms with Gasteiger partial charge >= 0.3 is 0 Å². The topological polar surface area (TPSA) is 43.1 Å². The van der Waals surface area contributed by atoms with Gasteiger partial charge in [0, 0.05) is 10.9 Å². The molecule has 3 rings (SSSR count). The van der Waals surface area contributed by atoms with Crippen LogP contribution in [0.25, 0.3) is 10.8 Å². The smallest absolute Gasteiger partial charge is 0.0576 e. The van der Waals surface area contributed by atoms with Crippen LogP contribution >= 0.6 is 0 Å². The van der Waals surface area contributed by atoms with Crippen molar-refractivity contribution in [3.05, 3.63) is 42.5 Å². The van der Waals surface area contributed by atoms with Crippen LogP contribution in [0.3, 0.4) is 0 Å². The molecule has 3 atom stereocenters. The van der Waals surface area contributed by atoms with Gasteiger partial charge in [-0.15, -0.1) is 0 Å². The summed E-state index contributed by atoms with van der Waals surface area (Å²) in [7, 11) is -0.992. The molecule has 20 heavy (non-hydrogen) atoms. The lowest BCUT2D eigenvalue weighted by molar-refractivity contribution is 0.575. The Hall–Kier alpha value is -1.19. The first-order valence-corrected chi connectivity index (χ1v) is 8.62. The molecule has 0 aromatic heterocycles. The van der Waals surface area contributed by atoms with Gasteiger partial charge in [0.05, 0.1) is 16.0 Å². The van der Waals surface area contributed by atoms with E-state index in [2.05, 4.69) is 24.3 Å². The zero-order valence-corrected chi connectivity index (χ0v) is 12.4. The second-order valence-corrected chi connectivity index (χ2v) is 7.32. The number of rotatable bonds is 2. The average Bonchev–Trinajstić information content (AvgIpc) is 2.70. The summed E-state index contributed by atoms with van der Waals surface area (Å²) < 4.78 is 12.8. The fourth-order valence-electron chi connectivity index (χ4n) is 3.04. The van der Waals surface area contributed by atoms with Crippen LogP contribution in [0.2, 0.25) is 0 Å². The highest BCUT2D eigenvalue weighted by Gasteiger charge is 2.26. The molecule has 3 heteroatoms. The molecule has 1 fully saturated rings. The average molecular weight is 287 g/mol. The maximum absolute atomic E-state index is 12.8. The third-order valence-electron chi connectivity index (χ3n) is 4.23. The molecule has 2 nitrogen and oxygen atoms in total. The highest BCUT2D eigenvalue weighted by atomic mass is 32.2. The van der Waals surface area contributed by atoms with Crippen molar-refractivity contribution in [3.8, 4) is 0 Å². The Morgan fingerprint density at radius 1 is 0.950 bits per heavy atom. The van der Waals surface area contributed by atoms with Gasteiger partial charge in [-0.3, -0.25) is 4.21 Å². The first kappa shape index (κ1) is 13.8. The van der Waals surface area contributed by atoms with Gasteiger partial charge in [-0.1, -0.05) is 49.6 Å². The van der Waals surface area contributed by atoms with E-state index in [0.29, 0.717) is 0 Å². The second-order valence-electron chi connectivity index (χ2n) is 5.65. The lowest BCUT2D eigenvalue weighted by atomic mass is 10.1. The fourth-order valence-corrected chi connectivity index (χ4v) is 4.66. The predicted octanol–water partition coefficient (Wildman–Crippen LogP) is 3.61. The zero-order chi connectivity index (χ0) is 13.9. The minimum atomic E-state index is -0.992. The van der Waals surface area contributed by atoms with Crippen molar-refractivity contribution in [2.24, 2.45) is 5.73 Å². The highest BCUT2D eigenvalue weighted by Crippen LogP contribution is 2.26. The minimum absolute atomic E-state index is 0.0739. The van der Waals surface area contributed by atoms with Gasteiger partial charge in [-0.25, -0.2) is 0 Å². The summed E-state index contributed by atoms with van der Waals surface area (Å²) in [6.07, 6.45) is 5.54. The number of hydrogen-bond acceptors (Lipinski definition) is 2. The molecule has 2 aromatic rings. The van der Waals surface area contributed by atoms with Crippen LogP contribution in [0.15, 0.2) is 47.4 Å². The van der Waals surface area contributed by atoms with Crippen molar-refractivity contribution in [1.82, 2.24) is 0 Å². The lowest BCUT2D eigenvalue weighted by Crippen LogP contribution is -2.36. The van der Waals surface area contributed by atoms with Crippen molar-refractivity contribution in [3.63, 3.8) is 0 Å². The first-order chi connectivity index (χ1) is 9.75. The van der Waals surface area contributed by atoms with Gasteiger partial charge in [0.15, 0.2) is 0 Å². The Morgan fingerprint density at radius 2 is 1.70 bits per heavy atom. The number of hydrogen-bond donors (Lipinski definition) is 1. The van der Waals surface area contributed by atoms with Gasteiger partial charge in [0.1, 0.15) is 0 Å². The lowest BCUT2D eigenvalue weighted by Gasteiger charge is -2.20. The van der Waals surface area contributed by atoms with Crippen LogP contribution in [-0.2, 0) is 10.8 Å². The van der Waals surface area contributed by atoms with Gasteiger partial charge in [0.2, 0.25) is 0 Å². The molecule has 0 radical (unpaired) electrons. The quantitative estimate of drug-likeness (QED) is 0.857. The molecule has 0 saturated heterocycles. The molecule has 1 saturated carbocycles. The number of benzene rings is 2. The second kappa shape index (κ2) is 6.06. The van der Waals surface area contributed by atoms with E-state index in [1.807, 2.05) is 18.2 Å². The van der Waals surface area contributed by atoms with Crippen LogP contribution in [-0.4, -0.2) is 15.5 Å². The normalized spacial score (nSPS) is 25.2. The third kappa shape index (κ3) is 2.79.